The van der Waals surface area contributed by atoms with Crippen LogP contribution < -0.4 is 4.90 Å². The van der Waals surface area contributed by atoms with E-state index in [1.54, 1.807) is 28.8 Å². The Morgan fingerprint density at radius 3 is 2.69 bits per heavy atom. The number of allylic oxidation sites excluding steroid dienone is 1. The van der Waals surface area contributed by atoms with Gasteiger partial charge in [-0.15, -0.1) is 24.9 Å². The van der Waals surface area contributed by atoms with Crippen LogP contribution in [0.4, 0.5) is 5.69 Å². The number of thioether (sulfide) groups is 1. The van der Waals surface area contributed by atoms with Crippen LogP contribution in [0, 0.1) is 17.8 Å². The predicted octanol–water partition coefficient (Wildman–Crippen LogP) is 4.20. The number of anilines is 1. The van der Waals surface area contributed by atoms with Gasteiger partial charge in [-0.2, -0.15) is 0 Å². The molecule has 206 valence electrons. The van der Waals surface area contributed by atoms with Gasteiger partial charge in [0.1, 0.15) is 6.04 Å². The predicted molar refractivity (Wildman–Crippen MR) is 154 cm³/mol. The molecule has 1 spiro atoms. The van der Waals surface area contributed by atoms with Crippen molar-refractivity contribution in [1.82, 2.24) is 4.90 Å². The first-order chi connectivity index (χ1) is 18.9. The fraction of sp³-hybridized carbons (Fsp3) is 0.452. The Labute approximate surface area is 233 Å². The van der Waals surface area contributed by atoms with Crippen LogP contribution in [0.25, 0.3) is 10.8 Å². The number of hydrogen-bond acceptors (Lipinski definition) is 6. The van der Waals surface area contributed by atoms with Gasteiger partial charge >= 0.3 is 5.97 Å². The summed E-state index contributed by atoms with van der Waals surface area (Å²) in [6.07, 6.45) is 5.62. The third-order valence-corrected chi connectivity index (χ3v) is 10.6. The lowest BCUT2D eigenvalue weighted by Crippen LogP contribution is -2.57. The van der Waals surface area contributed by atoms with Gasteiger partial charge in [0, 0.05) is 24.0 Å². The van der Waals surface area contributed by atoms with Crippen LogP contribution in [-0.2, 0) is 19.1 Å². The number of carbonyl (C=O) groups excluding carboxylic acids is 3. The summed E-state index contributed by atoms with van der Waals surface area (Å²) < 4.78 is 4.86. The first-order valence-electron chi connectivity index (χ1n) is 13.7. The van der Waals surface area contributed by atoms with Gasteiger partial charge in [0.25, 0.3) is 5.91 Å². The lowest BCUT2D eigenvalue weighted by Gasteiger charge is -2.40. The normalized spacial score (nSPS) is 28.9. The highest BCUT2D eigenvalue weighted by Crippen LogP contribution is 2.68. The molecule has 0 radical (unpaired) electrons. The van der Waals surface area contributed by atoms with Gasteiger partial charge in [0.2, 0.25) is 5.91 Å². The second-order valence-electron chi connectivity index (χ2n) is 10.7. The van der Waals surface area contributed by atoms with Crippen molar-refractivity contribution in [2.75, 3.05) is 31.2 Å². The Bertz CT molecular complexity index is 1300. The standard InChI is InChI=1S/C31H36N2O5S/c1-4-6-9-17-38-30(37)25-24-18-20(3)31(39-24)26(25)28(35)33(15-16-34)27(31)29(36)32(14-5-2)23-13-12-21-10-7-8-11-22(21)19-23/h4-5,7-8,10-13,19-20,24-27,34H,1-2,6,9,14-18H2,3H3/t20?,24-,25+,26-,27?,31?/m0/s1. The number of unbranched alkanes of at least 4 members (excludes halogenated alkanes) is 1. The number of amides is 2. The maximum atomic E-state index is 14.6. The van der Waals surface area contributed by atoms with Crippen molar-refractivity contribution in [2.45, 2.75) is 42.2 Å². The highest BCUT2D eigenvalue weighted by molar-refractivity contribution is 8.02. The monoisotopic (exact) mass is 548 g/mol. The van der Waals surface area contributed by atoms with Crippen LogP contribution in [0.5, 0.6) is 0 Å². The van der Waals surface area contributed by atoms with Crippen molar-refractivity contribution < 1.29 is 24.2 Å². The van der Waals surface area contributed by atoms with E-state index >= 15 is 0 Å². The number of carbonyl (C=O) groups is 3. The summed E-state index contributed by atoms with van der Waals surface area (Å²) in [6.45, 7) is 9.98. The van der Waals surface area contributed by atoms with E-state index in [4.69, 9.17) is 4.74 Å². The fourth-order valence-corrected chi connectivity index (χ4v) is 9.26. The molecular weight excluding hydrogens is 512 g/mol. The molecule has 3 heterocycles. The minimum atomic E-state index is -0.808. The van der Waals surface area contributed by atoms with Gasteiger partial charge in [-0.05, 0) is 48.1 Å². The SMILES string of the molecule is C=CCCCOC(=O)[C@@H]1[C@@H]2CC(C)C3(S2)C(C(=O)N(CC=C)c2ccc4ccccc4c2)N(CCO)C(=O)[C@H]13. The molecule has 3 unspecified atom stereocenters. The van der Waals surface area contributed by atoms with E-state index in [0.29, 0.717) is 6.42 Å². The average Bonchev–Trinajstić information content (AvgIpc) is 3.53. The molecule has 6 atom stereocenters. The van der Waals surface area contributed by atoms with E-state index in [9.17, 15) is 19.5 Å². The summed E-state index contributed by atoms with van der Waals surface area (Å²) in [6, 6.07) is 13.0. The minimum Gasteiger partial charge on any atom is -0.465 e. The summed E-state index contributed by atoms with van der Waals surface area (Å²) in [5, 5.41) is 11.9. The molecule has 3 aliphatic heterocycles. The van der Waals surface area contributed by atoms with E-state index in [1.165, 1.54) is 4.90 Å². The number of likely N-dealkylation sites (tertiary alicyclic amines) is 1. The third kappa shape index (κ3) is 4.47. The molecule has 2 bridgehead atoms. The number of benzene rings is 2. The molecule has 0 aromatic heterocycles. The molecule has 2 amide bonds. The number of aliphatic hydroxyl groups is 1. The van der Waals surface area contributed by atoms with E-state index in [-0.39, 0.29) is 55.3 Å². The summed E-state index contributed by atoms with van der Waals surface area (Å²) in [7, 11) is 0. The van der Waals surface area contributed by atoms with E-state index in [0.717, 1.165) is 29.3 Å². The zero-order valence-corrected chi connectivity index (χ0v) is 23.1. The lowest BCUT2D eigenvalue weighted by molar-refractivity contribution is -0.154. The molecule has 0 aliphatic carbocycles. The number of aliphatic hydroxyl groups excluding tert-OH is 1. The molecule has 1 N–H and O–H groups in total. The lowest BCUT2D eigenvalue weighted by atomic mass is 9.66. The van der Waals surface area contributed by atoms with Crippen LogP contribution in [0.3, 0.4) is 0 Å². The van der Waals surface area contributed by atoms with Crippen molar-refractivity contribution in [3.05, 3.63) is 67.8 Å². The Hall–Kier alpha value is -3.10. The Kier molecular flexibility index (Phi) is 7.87. The zero-order chi connectivity index (χ0) is 27.7. The Balaban J connectivity index is 1.52. The van der Waals surface area contributed by atoms with E-state index in [2.05, 4.69) is 20.1 Å². The number of nitrogens with zero attached hydrogens (tertiary/aromatic N) is 2. The molecule has 3 aliphatic rings. The fourth-order valence-electron chi connectivity index (χ4n) is 6.86. The van der Waals surface area contributed by atoms with Crippen molar-refractivity contribution in [3.63, 3.8) is 0 Å². The van der Waals surface area contributed by atoms with Crippen molar-refractivity contribution in [3.8, 4) is 0 Å². The Morgan fingerprint density at radius 1 is 1.21 bits per heavy atom. The van der Waals surface area contributed by atoms with Crippen molar-refractivity contribution in [1.29, 1.82) is 0 Å². The van der Waals surface area contributed by atoms with Gasteiger partial charge in [0.15, 0.2) is 0 Å². The van der Waals surface area contributed by atoms with Crippen LogP contribution in [0.15, 0.2) is 67.8 Å². The molecule has 2 aromatic carbocycles. The molecule has 8 heteroatoms. The van der Waals surface area contributed by atoms with Gasteiger partial charge in [-0.3, -0.25) is 14.4 Å². The van der Waals surface area contributed by atoms with Crippen molar-refractivity contribution in [2.24, 2.45) is 17.8 Å². The first-order valence-corrected chi connectivity index (χ1v) is 14.5. The molecule has 2 aromatic rings. The maximum absolute atomic E-state index is 14.6. The molecule has 39 heavy (non-hydrogen) atoms. The van der Waals surface area contributed by atoms with Crippen LogP contribution >= 0.6 is 11.8 Å². The number of β-amino-alcohol motifs (C(OH)–C–C–N with tert-alkyl or cyclic N) is 1. The zero-order valence-electron chi connectivity index (χ0n) is 22.3. The quantitative estimate of drug-likeness (QED) is 0.257. The summed E-state index contributed by atoms with van der Waals surface area (Å²) in [5.74, 6) is -2.05. The summed E-state index contributed by atoms with van der Waals surface area (Å²) in [5.41, 5.74) is 0.721. The maximum Gasteiger partial charge on any atom is 0.310 e. The number of ether oxygens (including phenoxy) is 1. The van der Waals surface area contributed by atoms with Gasteiger partial charge in [-0.1, -0.05) is 49.4 Å². The number of fused-ring (bicyclic) bond motifs is 2. The van der Waals surface area contributed by atoms with Crippen molar-refractivity contribution >= 4 is 46.0 Å². The molecule has 0 saturated carbocycles. The van der Waals surface area contributed by atoms with E-state index in [1.807, 2.05) is 42.5 Å². The summed E-state index contributed by atoms with van der Waals surface area (Å²) in [4.78, 5) is 45.1. The second-order valence-corrected chi connectivity index (χ2v) is 12.2. The number of hydrogen-bond donors (Lipinski definition) is 1. The molecule has 3 saturated heterocycles. The highest BCUT2D eigenvalue weighted by Gasteiger charge is 2.76. The Morgan fingerprint density at radius 2 is 1.97 bits per heavy atom. The van der Waals surface area contributed by atoms with Crippen LogP contribution in [-0.4, -0.2) is 70.1 Å². The molecule has 7 nitrogen and oxygen atoms in total. The van der Waals surface area contributed by atoms with Gasteiger partial charge in [-0.25, -0.2) is 0 Å². The second kappa shape index (κ2) is 11.2. The number of rotatable bonds is 11. The highest BCUT2D eigenvalue weighted by atomic mass is 32.2. The first kappa shape index (κ1) is 27.5. The average molecular weight is 549 g/mol. The summed E-state index contributed by atoms with van der Waals surface area (Å²) >= 11 is 1.61. The molecule has 5 rings (SSSR count). The van der Waals surface area contributed by atoms with Gasteiger partial charge in [0.05, 0.1) is 29.8 Å². The van der Waals surface area contributed by atoms with Crippen LogP contribution in [0.1, 0.15) is 26.2 Å². The van der Waals surface area contributed by atoms with E-state index < -0.39 is 22.6 Å². The smallest absolute Gasteiger partial charge is 0.310 e. The third-order valence-electron chi connectivity index (χ3n) is 8.51. The molecule has 3 fully saturated rings. The van der Waals surface area contributed by atoms with Gasteiger partial charge < -0.3 is 19.6 Å². The number of esters is 1. The minimum absolute atomic E-state index is 0.0334. The van der Waals surface area contributed by atoms with Crippen LogP contribution in [0.2, 0.25) is 0 Å². The largest absolute Gasteiger partial charge is 0.465 e. The molecular formula is C31H36N2O5S. The topological polar surface area (TPSA) is 87.2 Å².